The van der Waals surface area contributed by atoms with Crippen molar-refractivity contribution in [2.75, 3.05) is 10.6 Å². The second-order valence-electron chi connectivity index (χ2n) is 4.38. The topological polar surface area (TPSA) is 41.1 Å². The molecule has 0 aliphatic rings. The van der Waals surface area contributed by atoms with Gasteiger partial charge in [0.1, 0.15) is 0 Å². The van der Waals surface area contributed by atoms with Crippen molar-refractivity contribution in [3.8, 4) is 0 Å². The Labute approximate surface area is 135 Å². The molecule has 0 saturated heterocycles. The van der Waals surface area contributed by atoms with E-state index in [1.54, 1.807) is 17.4 Å². The van der Waals surface area contributed by atoms with E-state index in [9.17, 15) is 4.79 Å². The molecule has 1 atom stereocenters. The number of hydrogen-bond donors (Lipinski definition) is 2. The van der Waals surface area contributed by atoms with Crippen molar-refractivity contribution in [3.63, 3.8) is 0 Å². The number of anilines is 2. The van der Waals surface area contributed by atoms with Crippen LogP contribution >= 0.6 is 38.9 Å². The molecule has 106 valence electrons. The Kier molecular flexibility index (Phi) is 5.07. The Morgan fingerprint density at radius 3 is 2.65 bits per heavy atom. The number of benzene rings is 1. The van der Waals surface area contributed by atoms with E-state index in [4.69, 9.17) is 11.6 Å². The van der Waals surface area contributed by atoms with E-state index in [0.717, 1.165) is 9.47 Å². The normalized spacial score (nSPS) is 12.0. The molecule has 1 unspecified atom stereocenters. The van der Waals surface area contributed by atoms with Crippen molar-refractivity contribution >= 4 is 56.1 Å². The third kappa shape index (κ3) is 3.98. The minimum atomic E-state index is -0.135. The lowest BCUT2D eigenvalue weighted by molar-refractivity contribution is -0.114. The Balaban J connectivity index is 2.10. The summed E-state index contributed by atoms with van der Waals surface area (Å²) in [6.07, 6.45) is 0. The zero-order chi connectivity index (χ0) is 14.7. The summed E-state index contributed by atoms with van der Waals surface area (Å²) in [6, 6.07) is 9.81. The van der Waals surface area contributed by atoms with Gasteiger partial charge in [0.15, 0.2) is 0 Å². The Morgan fingerprint density at radius 1 is 1.35 bits per heavy atom. The van der Waals surface area contributed by atoms with Crippen LogP contribution in [0, 0.1) is 0 Å². The number of hydrogen-bond acceptors (Lipinski definition) is 3. The molecule has 0 aliphatic heterocycles. The van der Waals surface area contributed by atoms with Crippen LogP contribution in [0.15, 0.2) is 34.1 Å². The van der Waals surface area contributed by atoms with Crippen molar-refractivity contribution in [1.29, 1.82) is 0 Å². The molecule has 1 amide bonds. The second-order valence-corrected chi connectivity index (χ2v) is 7.29. The Hall–Kier alpha value is -1.04. The summed E-state index contributed by atoms with van der Waals surface area (Å²) < 4.78 is 1.11. The summed E-state index contributed by atoms with van der Waals surface area (Å²) in [7, 11) is 0. The molecule has 2 N–H and O–H groups in total. The second kappa shape index (κ2) is 6.61. The van der Waals surface area contributed by atoms with Gasteiger partial charge >= 0.3 is 0 Å². The first kappa shape index (κ1) is 15.4. The van der Waals surface area contributed by atoms with E-state index in [2.05, 4.69) is 39.6 Å². The monoisotopic (exact) mass is 372 g/mol. The van der Waals surface area contributed by atoms with Gasteiger partial charge in [-0.05, 0) is 53.2 Å². The van der Waals surface area contributed by atoms with Gasteiger partial charge in [-0.1, -0.05) is 11.6 Å². The van der Waals surface area contributed by atoms with Crippen molar-refractivity contribution in [3.05, 3.63) is 44.0 Å². The molecule has 2 aromatic rings. The third-order valence-corrected chi connectivity index (χ3v) is 4.80. The van der Waals surface area contributed by atoms with Gasteiger partial charge in [-0.2, -0.15) is 0 Å². The summed E-state index contributed by atoms with van der Waals surface area (Å²) in [4.78, 5) is 12.3. The minimum Gasteiger partial charge on any atom is -0.378 e. The molecular formula is C14H14BrClN2OS. The number of halogens is 2. The molecule has 1 aromatic carbocycles. The fourth-order valence-electron chi connectivity index (χ4n) is 1.78. The summed E-state index contributed by atoms with van der Waals surface area (Å²) in [6.45, 7) is 3.55. The number of nitrogens with one attached hydrogen (secondary N) is 2. The van der Waals surface area contributed by atoms with Gasteiger partial charge in [-0.3, -0.25) is 4.79 Å². The van der Waals surface area contributed by atoms with Crippen LogP contribution in [0.2, 0.25) is 5.02 Å². The lowest BCUT2D eigenvalue weighted by Gasteiger charge is -2.15. The highest BCUT2D eigenvalue weighted by Gasteiger charge is 2.09. The van der Waals surface area contributed by atoms with Gasteiger partial charge < -0.3 is 10.6 Å². The average Bonchev–Trinajstić information content (AvgIpc) is 2.79. The van der Waals surface area contributed by atoms with Crippen LogP contribution < -0.4 is 10.6 Å². The maximum atomic E-state index is 11.0. The van der Waals surface area contributed by atoms with Crippen LogP contribution in [-0.4, -0.2) is 5.91 Å². The quantitative estimate of drug-likeness (QED) is 0.764. The first-order chi connectivity index (χ1) is 9.45. The summed E-state index contributed by atoms with van der Waals surface area (Å²) in [5.74, 6) is -0.135. The maximum absolute atomic E-state index is 11.0. The SMILES string of the molecule is CC(=O)Nc1ccc(NC(C)c2ccc(Br)s2)cc1Cl. The van der Waals surface area contributed by atoms with Crippen LogP contribution in [0.3, 0.4) is 0 Å². The molecule has 1 heterocycles. The van der Waals surface area contributed by atoms with Gasteiger partial charge in [0, 0.05) is 17.5 Å². The smallest absolute Gasteiger partial charge is 0.221 e. The van der Waals surface area contributed by atoms with E-state index < -0.39 is 0 Å². The molecule has 0 fully saturated rings. The molecule has 3 nitrogen and oxygen atoms in total. The largest absolute Gasteiger partial charge is 0.378 e. The van der Waals surface area contributed by atoms with Crippen molar-refractivity contribution in [2.24, 2.45) is 0 Å². The highest BCUT2D eigenvalue weighted by atomic mass is 79.9. The van der Waals surface area contributed by atoms with Gasteiger partial charge in [0.2, 0.25) is 5.91 Å². The van der Waals surface area contributed by atoms with E-state index in [1.807, 2.05) is 18.2 Å². The standard InChI is InChI=1S/C14H14BrClN2OS/c1-8(13-5-6-14(15)20-13)17-10-3-4-12(11(16)7-10)18-9(2)19/h3-8,17H,1-2H3,(H,18,19). The highest BCUT2D eigenvalue weighted by Crippen LogP contribution is 2.31. The van der Waals surface area contributed by atoms with Crippen LogP contribution in [0.25, 0.3) is 0 Å². The van der Waals surface area contributed by atoms with Gasteiger partial charge in [-0.15, -0.1) is 11.3 Å². The number of amides is 1. The summed E-state index contributed by atoms with van der Waals surface area (Å²) in [5, 5.41) is 6.59. The summed E-state index contributed by atoms with van der Waals surface area (Å²) in [5.41, 5.74) is 1.54. The molecule has 6 heteroatoms. The zero-order valence-electron chi connectivity index (χ0n) is 11.0. The Bertz CT molecular complexity index is 629. The highest BCUT2D eigenvalue weighted by molar-refractivity contribution is 9.11. The molecule has 2 rings (SSSR count). The molecule has 0 radical (unpaired) electrons. The number of carbonyl (C=O) groups excluding carboxylic acids is 1. The molecule has 0 aliphatic carbocycles. The van der Waals surface area contributed by atoms with E-state index >= 15 is 0 Å². The first-order valence-corrected chi connectivity index (χ1v) is 8.03. The molecule has 1 aromatic heterocycles. The van der Waals surface area contributed by atoms with E-state index in [-0.39, 0.29) is 11.9 Å². The fraction of sp³-hybridized carbons (Fsp3) is 0.214. The molecule has 0 spiro atoms. The minimum absolute atomic E-state index is 0.135. The average molecular weight is 374 g/mol. The number of carbonyl (C=O) groups is 1. The van der Waals surface area contributed by atoms with Gasteiger partial charge in [0.05, 0.1) is 20.5 Å². The fourth-order valence-corrected chi connectivity index (χ4v) is 3.43. The van der Waals surface area contributed by atoms with E-state index in [0.29, 0.717) is 10.7 Å². The number of thiophene rings is 1. The zero-order valence-corrected chi connectivity index (χ0v) is 14.2. The first-order valence-electron chi connectivity index (χ1n) is 6.04. The third-order valence-electron chi connectivity index (χ3n) is 2.68. The molecule has 20 heavy (non-hydrogen) atoms. The van der Waals surface area contributed by atoms with Crippen molar-refractivity contribution in [2.45, 2.75) is 19.9 Å². The predicted molar refractivity (Wildman–Crippen MR) is 89.8 cm³/mol. The predicted octanol–water partition coefficient (Wildman–Crippen LogP) is 5.30. The van der Waals surface area contributed by atoms with Gasteiger partial charge in [-0.25, -0.2) is 0 Å². The van der Waals surface area contributed by atoms with Crippen molar-refractivity contribution in [1.82, 2.24) is 0 Å². The van der Waals surface area contributed by atoms with Crippen LogP contribution in [-0.2, 0) is 4.79 Å². The molecule has 0 saturated carbocycles. The van der Waals surface area contributed by atoms with Gasteiger partial charge in [0.25, 0.3) is 0 Å². The Morgan fingerprint density at radius 2 is 2.10 bits per heavy atom. The lowest BCUT2D eigenvalue weighted by atomic mass is 10.2. The lowest BCUT2D eigenvalue weighted by Crippen LogP contribution is -2.07. The summed E-state index contributed by atoms with van der Waals surface area (Å²) >= 11 is 11.3. The van der Waals surface area contributed by atoms with E-state index in [1.165, 1.54) is 11.8 Å². The van der Waals surface area contributed by atoms with Crippen LogP contribution in [0.4, 0.5) is 11.4 Å². The maximum Gasteiger partial charge on any atom is 0.221 e. The van der Waals surface area contributed by atoms with Crippen LogP contribution in [0.1, 0.15) is 24.8 Å². The van der Waals surface area contributed by atoms with Crippen LogP contribution in [0.5, 0.6) is 0 Å². The number of rotatable bonds is 4. The van der Waals surface area contributed by atoms with Crippen molar-refractivity contribution < 1.29 is 4.79 Å². The molecule has 0 bridgehead atoms. The molecular weight excluding hydrogens is 360 g/mol.